The average molecular weight is 230 g/mol. The first-order valence-corrected chi connectivity index (χ1v) is 5.81. The monoisotopic (exact) mass is 230 g/mol. The summed E-state index contributed by atoms with van der Waals surface area (Å²) in [5.74, 6) is 0.894. The van der Waals surface area contributed by atoms with Crippen molar-refractivity contribution in [1.82, 2.24) is 9.78 Å². The maximum Gasteiger partial charge on any atom is 0.148 e. The van der Waals surface area contributed by atoms with Crippen LogP contribution in [0.15, 0.2) is 30.5 Å². The second-order valence-corrected chi connectivity index (χ2v) is 4.10. The fraction of sp³-hybridized carbons (Fsp3) is 0.308. The minimum absolute atomic E-state index is 0.741. The molecule has 1 aromatic heterocycles. The lowest BCUT2D eigenvalue weighted by Gasteiger charge is -2.06. The quantitative estimate of drug-likeness (QED) is 0.793. The number of aryl methyl sites for hydroxylation is 2. The largest absolute Gasteiger partial charge is 0.399 e. The summed E-state index contributed by atoms with van der Waals surface area (Å²) >= 11 is 0. The van der Waals surface area contributed by atoms with Crippen LogP contribution in [0.3, 0.4) is 0 Å². The van der Waals surface area contributed by atoms with E-state index in [2.05, 4.69) is 23.4 Å². The fourth-order valence-electron chi connectivity index (χ4n) is 1.62. The zero-order chi connectivity index (χ0) is 12.3. The van der Waals surface area contributed by atoms with Crippen LogP contribution < -0.4 is 11.1 Å². The van der Waals surface area contributed by atoms with Crippen LogP contribution in [0.5, 0.6) is 0 Å². The molecule has 17 heavy (non-hydrogen) atoms. The van der Waals surface area contributed by atoms with E-state index in [0.717, 1.165) is 30.2 Å². The maximum absolute atomic E-state index is 5.87. The number of nitrogens with one attached hydrogen (secondary N) is 1. The van der Waals surface area contributed by atoms with Crippen molar-refractivity contribution in [1.29, 1.82) is 0 Å². The Labute approximate surface area is 101 Å². The molecule has 2 rings (SSSR count). The summed E-state index contributed by atoms with van der Waals surface area (Å²) in [4.78, 5) is 0. The van der Waals surface area contributed by atoms with Crippen LogP contribution in [0.1, 0.15) is 18.1 Å². The summed E-state index contributed by atoms with van der Waals surface area (Å²) in [6.45, 7) is 5.71. The molecule has 0 amide bonds. The molecule has 3 N–H and O–H groups in total. The van der Waals surface area contributed by atoms with Crippen LogP contribution >= 0.6 is 0 Å². The molecular weight excluding hydrogens is 212 g/mol. The van der Waals surface area contributed by atoms with Crippen molar-refractivity contribution in [3.63, 3.8) is 0 Å². The van der Waals surface area contributed by atoms with Gasteiger partial charge in [0, 0.05) is 31.0 Å². The SMILES string of the molecule is CCn1ccc(NCc2ccc(C)c(N)c2)n1. The van der Waals surface area contributed by atoms with Crippen molar-refractivity contribution in [2.24, 2.45) is 0 Å². The van der Waals surface area contributed by atoms with E-state index < -0.39 is 0 Å². The standard InChI is InChI=1S/C13H18N4/c1-3-17-7-6-13(16-17)15-9-11-5-4-10(2)12(14)8-11/h4-8H,3,9,14H2,1-2H3,(H,15,16). The first kappa shape index (κ1) is 11.5. The summed E-state index contributed by atoms with van der Waals surface area (Å²) in [5.41, 5.74) is 8.98. The molecule has 0 atom stereocenters. The molecule has 0 spiro atoms. The number of aromatic nitrogens is 2. The molecule has 0 unspecified atom stereocenters. The molecule has 0 aliphatic rings. The topological polar surface area (TPSA) is 55.9 Å². The molecule has 1 heterocycles. The highest BCUT2D eigenvalue weighted by Crippen LogP contribution is 2.14. The lowest BCUT2D eigenvalue weighted by atomic mass is 10.1. The molecule has 1 aromatic carbocycles. The Morgan fingerprint density at radius 1 is 1.35 bits per heavy atom. The zero-order valence-corrected chi connectivity index (χ0v) is 10.3. The van der Waals surface area contributed by atoms with Gasteiger partial charge in [0.25, 0.3) is 0 Å². The van der Waals surface area contributed by atoms with Gasteiger partial charge >= 0.3 is 0 Å². The molecular formula is C13H18N4. The van der Waals surface area contributed by atoms with Gasteiger partial charge in [-0.25, -0.2) is 0 Å². The van der Waals surface area contributed by atoms with E-state index in [1.807, 2.05) is 36.0 Å². The van der Waals surface area contributed by atoms with Gasteiger partial charge < -0.3 is 11.1 Å². The molecule has 0 bridgehead atoms. The number of nitrogens with zero attached hydrogens (tertiary/aromatic N) is 2. The molecule has 0 aliphatic heterocycles. The van der Waals surface area contributed by atoms with E-state index in [1.165, 1.54) is 5.56 Å². The molecule has 4 heteroatoms. The second-order valence-electron chi connectivity index (χ2n) is 4.10. The molecule has 0 saturated heterocycles. The van der Waals surface area contributed by atoms with Crippen molar-refractivity contribution in [3.05, 3.63) is 41.6 Å². The average Bonchev–Trinajstić information content (AvgIpc) is 2.79. The predicted molar refractivity (Wildman–Crippen MR) is 70.8 cm³/mol. The van der Waals surface area contributed by atoms with Crippen molar-refractivity contribution < 1.29 is 0 Å². The Morgan fingerprint density at radius 2 is 2.18 bits per heavy atom. The molecule has 4 nitrogen and oxygen atoms in total. The molecule has 0 saturated carbocycles. The third-order valence-corrected chi connectivity index (χ3v) is 2.78. The van der Waals surface area contributed by atoms with Gasteiger partial charge in [-0.2, -0.15) is 5.10 Å². The number of rotatable bonds is 4. The summed E-state index contributed by atoms with van der Waals surface area (Å²) in [6, 6.07) is 8.09. The number of nitrogen functional groups attached to an aromatic ring is 1. The summed E-state index contributed by atoms with van der Waals surface area (Å²) in [5, 5.41) is 7.63. The van der Waals surface area contributed by atoms with Gasteiger partial charge in [0.2, 0.25) is 0 Å². The maximum atomic E-state index is 5.87. The van der Waals surface area contributed by atoms with Gasteiger partial charge in [0.15, 0.2) is 0 Å². The first-order valence-electron chi connectivity index (χ1n) is 5.81. The smallest absolute Gasteiger partial charge is 0.148 e. The highest BCUT2D eigenvalue weighted by molar-refractivity contribution is 5.49. The number of hydrogen-bond acceptors (Lipinski definition) is 3. The fourth-order valence-corrected chi connectivity index (χ4v) is 1.62. The van der Waals surface area contributed by atoms with Crippen molar-refractivity contribution in [2.75, 3.05) is 11.1 Å². The Hall–Kier alpha value is -1.97. The Morgan fingerprint density at radius 3 is 2.82 bits per heavy atom. The van der Waals surface area contributed by atoms with Crippen LogP contribution in [0, 0.1) is 6.92 Å². The van der Waals surface area contributed by atoms with Crippen LogP contribution in [-0.4, -0.2) is 9.78 Å². The lowest BCUT2D eigenvalue weighted by Crippen LogP contribution is -2.02. The van der Waals surface area contributed by atoms with Crippen molar-refractivity contribution in [2.45, 2.75) is 26.9 Å². The van der Waals surface area contributed by atoms with E-state index in [1.54, 1.807) is 0 Å². The summed E-state index contributed by atoms with van der Waals surface area (Å²) in [6.07, 6.45) is 1.96. The van der Waals surface area contributed by atoms with Crippen LogP contribution in [0.2, 0.25) is 0 Å². The second kappa shape index (κ2) is 4.91. The van der Waals surface area contributed by atoms with Gasteiger partial charge in [-0.3, -0.25) is 4.68 Å². The van der Waals surface area contributed by atoms with E-state index >= 15 is 0 Å². The highest BCUT2D eigenvalue weighted by Gasteiger charge is 1.99. The van der Waals surface area contributed by atoms with Gasteiger partial charge in [-0.05, 0) is 31.0 Å². The minimum Gasteiger partial charge on any atom is -0.399 e. The molecule has 90 valence electrons. The summed E-state index contributed by atoms with van der Waals surface area (Å²) < 4.78 is 1.89. The lowest BCUT2D eigenvalue weighted by molar-refractivity contribution is 0.661. The molecule has 0 fully saturated rings. The van der Waals surface area contributed by atoms with Crippen LogP contribution in [-0.2, 0) is 13.1 Å². The van der Waals surface area contributed by atoms with E-state index in [9.17, 15) is 0 Å². The number of hydrogen-bond donors (Lipinski definition) is 2. The number of benzene rings is 1. The van der Waals surface area contributed by atoms with E-state index in [0.29, 0.717) is 0 Å². The van der Waals surface area contributed by atoms with Gasteiger partial charge in [0.05, 0.1) is 0 Å². The van der Waals surface area contributed by atoms with Crippen molar-refractivity contribution >= 4 is 11.5 Å². The Balaban J connectivity index is 1.99. The highest BCUT2D eigenvalue weighted by atomic mass is 15.3. The normalized spacial score (nSPS) is 10.5. The zero-order valence-electron chi connectivity index (χ0n) is 10.3. The predicted octanol–water partition coefficient (Wildman–Crippen LogP) is 2.41. The molecule has 0 aliphatic carbocycles. The van der Waals surface area contributed by atoms with Gasteiger partial charge in [0.1, 0.15) is 5.82 Å². The minimum atomic E-state index is 0.741. The van der Waals surface area contributed by atoms with Gasteiger partial charge in [-0.1, -0.05) is 12.1 Å². The van der Waals surface area contributed by atoms with E-state index in [-0.39, 0.29) is 0 Å². The molecule has 2 aromatic rings. The first-order chi connectivity index (χ1) is 8.19. The molecule has 0 radical (unpaired) electrons. The summed E-state index contributed by atoms with van der Waals surface area (Å²) in [7, 11) is 0. The van der Waals surface area contributed by atoms with Crippen LogP contribution in [0.25, 0.3) is 0 Å². The van der Waals surface area contributed by atoms with Crippen LogP contribution in [0.4, 0.5) is 11.5 Å². The number of anilines is 2. The third-order valence-electron chi connectivity index (χ3n) is 2.78. The Bertz CT molecular complexity index is 502. The third kappa shape index (κ3) is 2.78. The van der Waals surface area contributed by atoms with Crippen molar-refractivity contribution in [3.8, 4) is 0 Å². The Kier molecular flexibility index (Phi) is 3.32. The van der Waals surface area contributed by atoms with E-state index in [4.69, 9.17) is 5.73 Å². The van der Waals surface area contributed by atoms with Gasteiger partial charge in [-0.15, -0.1) is 0 Å². The number of nitrogens with two attached hydrogens (primary N) is 1.